The summed E-state index contributed by atoms with van der Waals surface area (Å²) in [6.45, 7) is 2.13. The second kappa shape index (κ2) is 3.46. The fraction of sp³-hybridized carbons (Fsp3) is 0.500. The minimum absolute atomic E-state index is 0.0816. The van der Waals surface area contributed by atoms with E-state index >= 15 is 0 Å². The van der Waals surface area contributed by atoms with E-state index in [4.69, 9.17) is 5.11 Å². The topological polar surface area (TPSA) is 33.1 Å². The van der Waals surface area contributed by atoms with Crippen LogP contribution in [0.2, 0.25) is 0 Å². The molecule has 56 valence electrons. The van der Waals surface area contributed by atoms with E-state index in [0.29, 0.717) is 0 Å². The lowest BCUT2D eigenvalue weighted by molar-refractivity contribution is 0.284. The van der Waals surface area contributed by atoms with Crippen molar-refractivity contribution in [2.75, 3.05) is 0 Å². The highest BCUT2D eigenvalue weighted by atomic mass is 79.9. The van der Waals surface area contributed by atoms with Gasteiger partial charge in [0.25, 0.3) is 0 Å². The zero-order valence-corrected chi connectivity index (χ0v) is 8.00. The fourth-order valence-electron chi connectivity index (χ4n) is 0.628. The monoisotopic (exact) mass is 221 g/mol. The molecule has 2 nitrogen and oxygen atoms in total. The minimum Gasteiger partial charge on any atom is -0.391 e. The van der Waals surface area contributed by atoms with Gasteiger partial charge in [-0.2, -0.15) is 0 Å². The second-order valence-electron chi connectivity index (χ2n) is 1.83. The van der Waals surface area contributed by atoms with E-state index in [2.05, 4.69) is 20.9 Å². The van der Waals surface area contributed by atoms with Crippen LogP contribution in [0.25, 0.3) is 0 Å². The molecule has 4 heteroatoms. The third kappa shape index (κ3) is 1.56. The lowest BCUT2D eigenvalue weighted by Gasteiger charge is -1.83. The van der Waals surface area contributed by atoms with Crippen LogP contribution in [0.1, 0.15) is 16.8 Å². The summed E-state index contributed by atoms with van der Waals surface area (Å²) in [6, 6.07) is 0. The van der Waals surface area contributed by atoms with Crippen LogP contribution in [0.3, 0.4) is 0 Å². The first-order chi connectivity index (χ1) is 4.77. The first kappa shape index (κ1) is 8.17. The van der Waals surface area contributed by atoms with Crippen LogP contribution in [0.15, 0.2) is 4.60 Å². The maximum Gasteiger partial charge on any atom is 0.122 e. The highest BCUT2D eigenvalue weighted by Crippen LogP contribution is 2.23. The Labute approximate surface area is 72.0 Å². The average molecular weight is 222 g/mol. The molecule has 0 saturated carbocycles. The molecule has 1 aromatic rings. The smallest absolute Gasteiger partial charge is 0.122 e. The molecule has 10 heavy (non-hydrogen) atoms. The number of halogens is 1. The summed E-state index contributed by atoms with van der Waals surface area (Å²) in [7, 11) is 0. The summed E-state index contributed by atoms with van der Waals surface area (Å²) in [5, 5.41) is 9.83. The van der Waals surface area contributed by atoms with Crippen LogP contribution in [0.4, 0.5) is 0 Å². The van der Waals surface area contributed by atoms with E-state index in [1.165, 1.54) is 0 Å². The van der Waals surface area contributed by atoms with Gasteiger partial charge in [0.05, 0.1) is 16.5 Å². The lowest BCUT2D eigenvalue weighted by Crippen LogP contribution is -1.76. The van der Waals surface area contributed by atoms with Crippen molar-refractivity contribution in [3.63, 3.8) is 0 Å². The third-order valence-electron chi connectivity index (χ3n) is 1.14. The van der Waals surface area contributed by atoms with E-state index < -0.39 is 0 Å². The van der Waals surface area contributed by atoms with Crippen molar-refractivity contribution in [3.8, 4) is 0 Å². The van der Waals surface area contributed by atoms with Gasteiger partial charge in [-0.05, 0) is 22.4 Å². The number of aliphatic hydroxyl groups excluding tert-OH is 1. The number of hydrogen-bond acceptors (Lipinski definition) is 3. The highest BCUT2D eigenvalue weighted by molar-refractivity contribution is 9.10. The average Bonchev–Trinajstić information content (AvgIpc) is 2.30. The molecule has 1 aromatic heterocycles. The third-order valence-corrected chi connectivity index (χ3v) is 3.24. The summed E-state index contributed by atoms with van der Waals surface area (Å²) >= 11 is 4.81. The summed E-state index contributed by atoms with van der Waals surface area (Å²) < 4.78 is 0.789. The SMILES string of the molecule is CCc1nc(Br)c(CO)s1. The first-order valence-electron chi connectivity index (χ1n) is 3.02. The van der Waals surface area contributed by atoms with E-state index in [1.807, 2.05) is 6.92 Å². The van der Waals surface area contributed by atoms with Gasteiger partial charge < -0.3 is 5.11 Å². The molecule has 0 aliphatic carbocycles. The Bertz CT molecular complexity index is 224. The number of nitrogens with zero attached hydrogens (tertiary/aromatic N) is 1. The molecule has 0 bridgehead atoms. The van der Waals surface area contributed by atoms with Gasteiger partial charge in [-0.1, -0.05) is 6.92 Å². The van der Waals surface area contributed by atoms with Gasteiger partial charge >= 0.3 is 0 Å². The van der Waals surface area contributed by atoms with Gasteiger partial charge in [0.1, 0.15) is 4.60 Å². The van der Waals surface area contributed by atoms with Gasteiger partial charge in [-0.15, -0.1) is 11.3 Å². The van der Waals surface area contributed by atoms with Crippen molar-refractivity contribution in [2.45, 2.75) is 20.0 Å². The molecule has 0 unspecified atom stereocenters. The molecular formula is C6H8BrNOS. The van der Waals surface area contributed by atoms with Crippen molar-refractivity contribution in [2.24, 2.45) is 0 Å². The number of hydrogen-bond donors (Lipinski definition) is 1. The Morgan fingerprint density at radius 1 is 1.70 bits per heavy atom. The van der Waals surface area contributed by atoms with Crippen LogP contribution in [-0.4, -0.2) is 10.1 Å². The Hall–Kier alpha value is 0.0700. The van der Waals surface area contributed by atoms with Crippen LogP contribution < -0.4 is 0 Å². The Kier molecular flexibility index (Phi) is 2.82. The number of aryl methyl sites for hydroxylation is 1. The number of rotatable bonds is 2. The predicted molar refractivity (Wildman–Crippen MR) is 45.1 cm³/mol. The summed E-state index contributed by atoms with van der Waals surface area (Å²) in [6.07, 6.45) is 0.934. The molecule has 0 atom stereocenters. The summed E-state index contributed by atoms with van der Waals surface area (Å²) in [5.74, 6) is 0. The molecule has 0 radical (unpaired) electrons. The molecule has 0 saturated heterocycles. The van der Waals surface area contributed by atoms with Gasteiger partial charge in [0.15, 0.2) is 0 Å². The van der Waals surface area contributed by atoms with Crippen molar-refractivity contribution in [1.29, 1.82) is 0 Å². The van der Waals surface area contributed by atoms with Crippen molar-refractivity contribution < 1.29 is 5.11 Å². The highest BCUT2D eigenvalue weighted by Gasteiger charge is 2.04. The second-order valence-corrected chi connectivity index (χ2v) is 3.75. The van der Waals surface area contributed by atoms with Gasteiger partial charge in [-0.3, -0.25) is 0 Å². The van der Waals surface area contributed by atoms with E-state index in [-0.39, 0.29) is 6.61 Å². The summed E-state index contributed by atoms with van der Waals surface area (Å²) in [4.78, 5) is 5.09. The van der Waals surface area contributed by atoms with Crippen molar-refractivity contribution in [1.82, 2.24) is 4.98 Å². The zero-order valence-electron chi connectivity index (χ0n) is 5.59. The molecule has 0 spiro atoms. The van der Waals surface area contributed by atoms with E-state index in [9.17, 15) is 0 Å². The van der Waals surface area contributed by atoms with Crippen LogP contribution in [-0.2, 0) is 13.0 Å². The van der Waals surface area contributed by atoms with Crippen molar-refractivity contribution in [3.05, 3.63) is 14.5 Å². The fourth-order valence-corrected chi connectivity index (χ4v) is 2.09. The molecule has 0 aliphatic rings. The molecule has 0 amide bonds. The first-order valence-corrected chi connectivity index (χ1v) is 4.63. The van der Waals surface area contributed by atoms with Crippen LogP contribution in [0, 0.1) is 0 Å². The zero-order chi connectivity index (χ0) is 7.56. The number of thiazole rings is 1. The Balaban J connectivity index is 2.92. The van der Waals surface area contributed by atoms with Gasteiger partial charge in [0, 0.05) is 0 Å². The standard InChI is InChI=1S/C6H8BrNOS/c1-2-5-8-6(7)4(3-9)10-5/h9H,2-3H2,1H3. The molecule has 1 heterocycles. The molecular weight excluding hydrogens is 214 g/mol. The normalized spacial score (nSPS) is 10.3. The Morgan fingerprint density at radius 3 is 2.70 bits per heavy atom. The number of aromatic nitrogens is 1. The van der Waals surface area contributed by atoms with Gasteiger partial charge in [-0.25, -0.2) is 4.98 Å². The van der Waals surface area contributed by atoms with Crippen LogP contribution >= 0.6 is 27.3 Å². The maximum atomic E-state index is 8.77. The minimum atomic E-state index is 0.0816. The molecule has 0 aromatic carbocycles. The predicted octanol–water partition coefficient (Wildman–Crippen LogP) is 1.96. The van der Waals surface area contributed by atoms with Gasteiger partial charge in [0.2, 0.25) is 0 Å². The molecule has 1 rings (SSSR count). The largest absolute Gasteiger partial charge is 0.391 e. The van der Waals surface area contributed by atoms with Crippen molar-refractivity contribution >= 4 is 27.3 Å². The Morgan fingerprint density at radius 2 is 2.40 bits per heavy atom. The molecule has 0 fully saturated rings. The lowest BCUT2D eigenvalue weighted by atomic mass is 10.5. The molecule has 0 aliphatic heterocycles. The number of aliphatic hydroxyl groups is 1. The maximum absolute atomic E-state index is 8.77. The van der Waals surface area contributed by atoms with E-state index in [0.717, 1.165) is 20.9 Å². The molecule has 1 N–H and O–H groups in total. The van der Waals surface area contributed by atoms with E-state index in [1.54, 1.807) is 11.3 Å². The summed E-state index contributed by atoms with van der Waals surface area (Å²) in [5.41, 5.74) is 0. The quantitative estimate of drug-likeness (QED) is 0.829. The van der Waals surface area contributed by atoms with Crippen LogP contribution in [0.5, 0.6) is 0 Å².